The third-order valence-electron chi connectivity index (χ3n) is 2.30. The first-order valence-electron chi connectivity index (χ1n) is 4.51. The Labute approximate surface area is 74.4 Å². The Morgan fingerprint density at radius 3 is 2.58 bits per heavy atom. The lowest BCUT2D eigenvalue weighted by molar-refractivity contribution is -0.122. The quantitative estimate of drug-likeness (QED) is 0.610. The molecule has 1 unspecified atom stereocenters. The molecule has 0 spiro atoms. The molecule has 1 N–H and O–H groups in total. The van der Waals surface area contributed by atoms with Crippen molar-refractivity contribution in [2.75, 3.05) is 20.1 Å². The van der Waals surface area contributed by atoms with Crippen LogP contribution in [-0.4, -0.2) is 36.6 Å². The minimum atomic E-state index is -0.250. The lowest BCUT2D eigenvalue weighted by atomic mass is 9.96. The van der Waals surface area contributed by atoms with Crippen LogP contribution in [0.15, 0.2) is 0 Å². The van der Waals surface area contributed by atoms with E-state index in [1.165, 1.54) is 32.4 Å². The summed E-state index contributed by atoms with van der Waals surface area (Å²) < 4.78 is 0. The minimum Gasteiger partial charge on any atom is -0.483 e. The number of carboxylic acid groups (broad SMARTS) is 1. The van der Waals surface area contributed by atoms with Gasteiger partial charge in [-0.2, -0.15) is 0 Å². The molecule has 1 fully saturated rings. The average molecular weight is 173 g/mol. The molecule has 1 rings (SSSR count). The summed E-state index contributed by atoms with van der Waals surface area (Å²) in [7, 11) is 2.22. The summed E-state index contributed by atoms with van der Waals surface area (Å²) in [4.78, 5) is 10.8. The van der Waals surface area contributed by atoms with Crippen molar-refractivity contribution in [2.24, 2.45) is 5.92 Å². The van der Waals surface area contributed by atoms with E-state index in [1.807, 2.05) is 0 Å². The standard InChI is InChI=1S/C8H17N.CH2O2/c1-3-8-5-4-6-9(2)7-8;2-1-3/h8H,3-7H2,1-2H3;1H,(H,2,3). The van der Waals surface area contributed by atoms with Crippen LogP contribution >= 0.6 is 0 Å². The van der Waals surface area contributed by atoms with Crippen molar-refractivity contribution in [3.63, 3.8) is 0 Å². The normalized spacial score (nSPS) is 24.0. The molecule has 1 saturated heterocycles. The molecule has 0 radical (unpaired) electrons. The second-order valence-corrected chi connectivity index (χ2v) is 3.28. The van der Waals surface area contributed by atoms with Gasteiger partial charge in [-0.3, -0.25) is 4.79 Å². The molecular weight excluding hydrogens is 154 g/mol. The second kappa shape index (κ2) is 7.10. The van der Waals surface area contributed by atoms with Gasteiger partial charge in [-0.05, 0) is 32.4 Å². The van der Waals surface area contributed by atoms with E-state index in [-0.39, 0.29) is 6.47 Å². The van der Waals surface area contributed by atoms with Crippen LogP contribution in [0.2, 0.25) is 0 Å². The molecule has 0 saturated carbocycles. The van der Waals surface area contributed by atoms with Gasteiger partial charge in [0, 0.05) is 6.54 Å². The lowest BCUT2D eigenvalue weighted by Crippen LogP contribution is -2.31. The molecule has 0 aromatic heterocycles. The lowest BCUT2D eigenvalue weighted by Gasteiger charge is -2.28. The molecule has 0 amide bonds. The van der Waals surface area contributed by atoms with Crippen LogP contribution in [0.25, 0.3) is 0 Å². The Morgan fingerprint density at radius 2 is 2.25 bits per heavy atom. The molecule has 1 aliphatic rings. The van der Waals surface area contributed by atoms with Crippen molar-refractivity contribution in [1.82, 2.24) is 4.90 Å². The van der Waals surface area contributed by atoms with Gasteiger partial charge in [0.05, 0.1) is 0 Å². The van der Waals surface area contributed by atoms with Gasteiger partial charge < -0.3 is 10.0 Å². The van der Waals surface area contributed by atoms with Gasteiger partial charge in [-0.1, -0.05) is 13.3 Å². The van der Waals surface area contributed by atoms with E-state index in [0.717, 1.165) is 5.92 Å². The Bertz CT molecular complexity index is 117. The first-order valence-corrected chi connectivity index (χ1v) is 4.51. The van der Waals surface area contributed by atoms with Gasteiger partial charge in [0.2, 0.25) is 0 Å². The minimum absolute atomic E-state index is 0.250. The van der Waals surface area contributed by atoms with Crippen LogP contribution in [-0.2, 0) is 4.79 Å². The zero-order chi connectivity index (χ0) is 9.40. The third kappa shape index (κ3) is 5.13. The van der Waals surface area contributed by atoms with Crippen LogP contribution in [0.4, 0.5) is 0 Å². The Morgan fingerprint density at radius 1 is 1.67 bits per heavy atom. The molecule has 12 heavy (non-hydrogen) atoms. The number of carbonyl (C=O) groups is 1. The maximum Gasteiger partial charge on any atom is 0.290 e. The summed E-state index contributed by atoms with van der Waals surface area (Å²) >= 11 is 0. The Hall–Kier alpha value is -0.570. The predicted molar refractivity (Wildman–Crippen MR) is 49.2 cm³/mol. The van der Waals surface area contributed by atoms with Gasteiger partial charge in [0.1, 0.15) is 0 Å². The van der Waals surface area contributed by atoms with E-state index in [4.69, 9.17) is 9.90 Å². The van der Waals surface area contributed by atoms with Crippen molar-refractivity contribution < 1.29 is 9.90 Å². The molecular formula is C9H19NO2. The molecule has 1 atom stereocenters. The number of nitrogens with zero attached hydrogens (tertiary/aromatic N) is 1. The molecule has 0 bridgehead atoms. The number of piperidine rings is 1. The molecule has 0 aromatic rings. The monoisotopic (exact) mass is 173 g/mol. The molecule has 0 aromatic carbocycles. The Balaban J connectivity index is 0.000000354. The van der Waals surface area contributed by atoms with Crippen molar-refractivity contribution in [3.05, 3.63) is 0 Å². The highest BCUT2D eigenvalue weighted by Crippen LogP contribution is 2.17. The molecule has 0 aliphatic carbocycles. The molecule has 1 aliphatic heterocycles. The zero-order valence-corrected chi connectivity index (χ0v) is 7.99. The van der Waals surface area contributed by atoms with E-state index in [1.54, 1.807) is 0 Å². The van der Waals surface area contributed by atoms with Gasteiger partial charge in [-0.25, -0.2) is 0 Å². The summed E-state index contributed by atoms with van der Waals surface area (Å²) in [5, 5.41) is 6.89. The largest absolute Gasteiger partial charge is 0.483 e. The van der Waals surface area contributed by atoms with Crippen LogP contribution in [0, 0.1) is 5.92 Å². The SMILES string of the molecule is CCC1CCCN(C)C1.O=CO. The van der Waals surface area contributed by atoms with Crippen molar-refractivity contribution in [2.45, 2.75) is 26.2 Å². The second-order valence-electron chi connectivity index (χ2n) is 3.28. The fourth-order valence-corrected chi connectivity index (χ4v) is 1.61. The molecule has 1 heterocycles. The molecule has 3 nitrogen and oxygen atoms in total. The number of likely N-dealkylation sites (tertiary alicyclic amines) is 1. The van der Waals surface area contributed by atoms with Crippen LogP contribution in [0.3, 0.4) is 0 Å². The fraction of sp³-hybridized carbons (Fsp3) is 0.889. The molecule has 72 valence electrons. The van der Waals surface area contributed by atoms with Crippen molar-refractivity contribution in [1.29, 1.82) is 0 Å². The highest BCUT2D eigenvalue weighted by atomic mass is 16.3. The van der Waals surface area contributed by atoms with Crippen LogP contribution in [0.5, 0.6) is 0 Å². The summed E-state index contributed by atoms with van der Waals surface area (Å²) in [6.45, 7) is 4.69. The van der Waals surface area contributed by atoms with Crippen molar-refractivity contribution >= 4 is 6.47 Å². The van der Waals surface area contributed by atoms with Gasteiger partial charge in [-0.15, -0.1) is 0 Å². The summed E-state index contributed by atoms with van der Waals surface area (Å²) in [6, 6.07) is 0. The van der Waals surface area contributed by atoms with E-state index in [2.05, 4.69) is 18.9 Å². The maximum absolute atomic E-state index is 8.36. The maximum atomic E-state index is 8.36. The van der Waals surface area contributed by atoms with E-state index >= 15 is 0 Å². The highest BCUT2D eigenvalue weighted by Gasteiger charge is 2.14. The first-order chi connectivity index (χ1) is 5.74. The van der Waals surface area contributed by atoms with E-state index in [9.17, 15) is 0 Å². The van der Waals surface area contributed by atoms with Crippen molar-refractivity contribution in [3.8, 4) is 0 Å². The predicted octanol–water partition coefficient (Wildman–Crippen LogP) is 1.44. The first kappa shape index (κ1) is 11.4. The summed E-state index contributed by atoms with van der Waals surface area (Å²) in [5.74, 6) is 0.990. The van der Waals surface area contributed by atoms with E-state index in [0.29, 0.717) is 0 Å². The van der Waals surface area contributed by atoms with Gasteiger partial charge >= 0.3 is 0 Å². The van der Waals surface area contributed by atoms with Gasteiger partial charge in [0.25, 0.3) is 6.47 Å². The van der Waals surface area contributed by atoms with Crippen LogP contribution in [0.1, 0.15) is 26.2 Å². The topological polar surface area (TPSA) is 40.5 Å². The summed E-state index contributed by atoms with van der Waals surface area (Å²) in [5.41, 5.74) is 0. The van der Waals surface area contributed by atoms with Crippen LogP contribution < -0.4 is 0 Å². The summed E-state index contributed by atoms with van der Waals surface area (Å²) in [6.07, 6.45) is 4.24. The zero-order valence-electron chi connectivity index (χ0n) is 7.99. The van der Waals surface area contributed by atoms with E-state index < -0.39 is 0 Å². The third-order valence-corrected chi connectivity index (χ3v) is 2.30. The molecule has 3 heteroatoms. The number of rotatable bonds is 1. The fourth-order valence-electron chi connectivity index (χ4n) is 1.61. The number of hydrogen-bond donors (Lipinski definition) is 1. The Kier molecular flexibility index (Phi) is 6.76. The smallest absolute Gasteiger partial charge is 0.290 e. The average Bonchev–Trinajstić information content (AvgIpc) is 2.06. The number of hydrogen-bond acceptors (Lipinski definition) is 2. The van der Waals surface area contributed by atoms with Gasteiger partial charge in [0.15, 0.2) is 0 Å². The highest BCUT2D eigenvalue weighted by molar-refractivity contribution is 5.32.